The highest BCUT2D eigenvalue weighted by Crippen LogP contribution is 2.06. The molecule has 0 saturated heterocycles. The standard InChI is InChI=1S/C8H8ClNO4S/c1-5-3-6(2)10(15(12,13)14)7(4-5)8(9)11/h3-4H,1-2H3. The molecule has 1 aromatic rings. The minimum Gasteiger partial charge on any atom is -0.693 e. The zero-order valence-corrected chi connectivity index (χ0v) is 9.59. The summed E-state index contributed by atoms with van der Waals surface area (Å²) in [5.74, 6) is 0. The summed E-state index contributed by atoms with van der Waals surface area (Å²) in [7, 11) is -4.76. The third kappa shape index (κ3) is 2.53. The molecule has 82 valence electrons. The molecule has 1 aromatic heterocycles. The van der Waals surface area contributed by atoms with Crippen LogP contribution >= 0.6 is 11.6 Å². The van der Waals surface area contributed by atoms with Crippen LogP contribution in [0.4, 0.5) is 0 Å². The smallest absolute Gasteiger partial charge is 0.330 e. The lowest BCUT2D eigenvalue weighted by Crippen LogP contribution is -2.49. The minimum atomic E-state index is -4.76. The van der Waals surface area contributed by atoms with E-state index >= 15 is 0 Å². The first-order valence-electron chi connectivity index (χ1n) is 3.93. The van der Waals surface area contributed by atoms with Crippen molar-refractivity contribution in [3.05, 3.63) is 29.1 Å². The van der Waals surface area contributed by atoms with Gasteiger partial charge in [-0.3, -0.25) is 4.79 Å². The van der Waals surface area contributed by atoms with Crippen LogP contribution in [0.2, 0.25) is 0 Å². The van der Waals surface area contributed by atoms with Gasteiger partial charge in [0, 0.05) is 19.1 Å². The van der Waals surface area contributed by atoms with Crippen LogP contribution < -0.4 is 3.97 Å². The number of carbonyl (C=O) groups is 1. The quantitative estimate of drug-likeness (QED) is 0.428. The third-order valence-electron chi connectivity index (χ3n) is 1.77. The molecule has 0 atom stereocenters. The Kier molecular flexibility index (Phi) is 3.13. The van der Waals surface area contributed by atoms with E-state index in [1.165, 1.54) is 19.1 Å². The lowest BCUT2D eigenvalue weighted by molar-refractivity contribution is -0.529. The largest absolute Gasteiger partial charge is 0.693 e. The third-order valence-corrected chi connectivity index (χ3v) is 2.89. The molecule has 0 aromatic carbocycles. The second-order valence-corrected chi connectivity index (χ2v) is 4.62. The summed E-state index contributed by atoms with van der Waals surface area (Å²) < 4.78 is 33.0. The molecule has 0 aliphatic heterocycles. The van der Waals surface area contributed by atoms with Gasteiger partial charge in [0.1, 0.15) is 0 Å². The fourth-order valence-electron chi connectivity index (χ4n) is 1.33. The van der Waals surface area contributed by atoms with E-state index in [1.54, 1.807) is 6.92 Å². The Hall–Kier alpha value is -0.980. The lowest BCUT2D eigenvalue weighted by Gasteiger charge is -2.07. The van der Waals surface area contributed by atoms with Crippen LogP contribution in [0.15, 0.2) is 12.1 Å². The monoisotopic (exact) mass is 249 g/mol. The first kappa shape index (κ1) is 12.1. The summed E-state index contributed by atoms with van der Waals surface area (Å²) in [5.41, 5.74) is 0.453. The lowest BCUT2D eigenvalue weighted by atomic mass is 10.2. The summed E-state index contributed by atoms with van der Waals surface area (Å²) in [6.45, 7) is 3.07. The number of pyridine rings is 1. The van der Waals surface area contributed by atoms with E-state index in [4.69, 9.17) is 11.6 Å². The van der Waals surface area contributed by atoms with Crippen LogP contribution in [0.3, 0.4) is 0 Å². The van der Waals surface area contributed by atoms with Gasteiger partial charge in [-0.05, 0) is 24.1 Å². The molecule has 15 heavy (non-hydrogen) atoms. The van der Waals surface area contributed by atoms with Crippen molar-refractivity contribution in [1.29, 1.82) is 0 Å². The molecule has 0 aliphatic rings. The van der Waals surface area contributed by atoms with E-state index in [0.29, 0.717) is 9.54 Å². The van der Waals surface area contributed by atoms with E-state index in [2.05, 4.69) is 0 Å². The Labute approximate surface area is 92.2 Å². The Morgan fingerprint density at radius 1 is 1.40 bits per heavy atom. The van der Waals surface area contributed by atoms with Crippen molar-refractivity contribution < 1.29 is 21.7 Å². The number of aromatic nitrogens is 1. The van der Waals surface area contributed by atoms with Crippen molar-refractivity contribution in [2.45, 2.75) is 13.8 Å². The van der Waals surface area contributed by atoms with Gasteiger partial charge in [0.15, 0.2) is 5.69 Å². The normalized spacial score (nSPS) is 11.5. The van der Waals surface area contributed by atoms with Crippen LogP contribution in [0.1, 0.15) is 21.7 Å². The molecule has 5 nitrogen and oxygen atoms in total. The number of aryl methyl sites for hydroxylation is 2. The Morgan fingerprint density at radius 3 is 2.33 bits per heavy atom. The predicted octanol–water partition coefficient (Wildman–Crippen LogP) is 0.278. The average molecular weight is 250 g/mol. The van der Waals surface area contributed by atoms with Gasteiger partial charge in [0.25, 0.3) is 5.69 Å². The van der Waals surface area contributed by atoms with Gasteiger partial charge >= 0.3 is 15.5 Å². The SMILES string of the molecule is Cc1cc(C)[n+](S(=O)(=O)[O-])c(C(=O)Cl)c1. The molecule has 0 bridgehead atoms. The Morgan fingerprint density at radius 2 is 1.93 bits per heavy atom. The first-order valence-corrected chi connectivity index (χ1v) is 5.67. The Balaban J connectivity index is 3.70. The van der Waals surface area contributed by atoms with E-state index in [-0.39, 0.29) is 11.4 Å². The van der Waals surface area contributed by atoms with Gasteiger partial charge in [-0.1, -0.05) is 3.97 Å². The van der Waals surface area contributed by atoms with Crippen molar-refractivity contribution in [3.63, 3.8) is 0 Å². The van der Waals surface area contributed by atoms with E-state index in [9.17, 15) is 17.8 Å². The van der Waals surface area contributed by atoms with Crippen molar-refractivity contribution in [1.82, 2.24) is 0 Å². The maximum atomic E-state index is 11.0. The maximum Gasteiger partial charge on any atom is 0.330 e. The first-order chi connectivity index (χ1) is 6.73. The Bertz CT molecular complexity index is 524. The summed E-state index contributed by atoms with van der Waals surface area (Å²) in [6, 6.07) is 2.72. The number of nitrogens with zero attached hydrogens (tertiary/aromatic N) is 1. The van der Waals surface area contributed by atoms with Crippen LogP contribution in [0.5, 0.6) is 0 Å². The number of carbonyl (C=O) groups excluding carboxylic acids is 1. The number of hydrogen-bond donors (Lipinski definition) is 0. The van der Waals surface area contributed by atoms with Crippen molar-refractivity contribution in [3.8, 4) is 0 Å². The molecule has 0 N–H and O–H groups in total. The van der Waals surface area contributed by atoms with Crippen LogP contribution in [-0.4, -0.2) is 18.2 Å². The van der Waals surface area contributed by atoms with Crippen LogP contribution in [0, 0.1) is 13.8 Å². The topological polar surface area (TPSA) is 78.2 Å². The predicted molar refractivity (Wildman–Crippen MR) is 51.4 cm³/mol. The second-order valence-electron chi connectivity index (χ2n) is 3.06. The van der Waals surface area contributed by atoms with Crippen LogP contribution in [0.25, 0.3) is 0 Å². The summed E-state index contributed by atoms with van der Waals surface area (Å²) in [4.78, 5) is 11.0. The zero-order chi connectivity index (χ0) is 11.8. The molecular formula is C8H8ClNO4S. The molecule has 0 unspecified atom stereocenters. The van der Waals surface area contributed by atoms with Gasteiger partial charge in [0.05, 0.1) is 0 Å². The van der Waals surface area contributed by atoms with Gasteiger partial charge < -0.3 is 4.55 Å². The molecule has 0 amide bonds. The van der Waals surface area contributed by atoms with Gasteiger partial charge in [-0.25, -0.2) is 0 Å². The van der Waals surface area contributed by atoms with Crippen molar-refractivity contribution in [2.24, 2.45) is 0 Å². The summed E-state index contributed by atoms with van der Waals surface area (Å²) >= 11 is 5.20. The number of hydrogen-bond acceptors (Lipinski definition) is 4. The highest BCUT2D eigenvalue weighted by Gasteiger charge is 2.25. The summed E-state index contributed by atoms with van der Waals surface area (Å²) in [6.07, 6.45) is 0. The molecule has 0 aliphatic carbocycles. The van der Waals surface area contributed by atoms with E-state index in [0.717, 1.165) is 0 Å². The fourth-order valence-corrected chi connectivity index (χ4v) is 2.30. The summed E-state index contributed by atoms with van der Waals surface area (Å²) in [5, 5.41) is -0.985. The molecule has 1 rings (SSSR count). The van der Waals surface area contributed by atoms with Gasteiger partial charge in [-0.2, -0.15) is 8.42 Å². The molecular weight excluding hydrogens is 242 g/mol. The fraction of sp³-hybridized carbons (Fsp3) is 0.250. The highest BCUT2D eigenvalue weighted by atomic mass is 35.5. The molecule has 0 fully saturated rings. The van der Waals surface area contributed by atoms with E-state index in [1.807, 2.05) is 0 Å². The zero-order valence-electron chi connectivity index (χ0n) is 8.02. The highest BCUT2D eigenvalue weighted by molar-refractivity contribution is 7.79. The van der Waals surface area contributed by atoms with Gasteiger partial charge in [-0.15, -0.1) is 0 Å². The second kappa shape index (κ2) is 3.88. The van der Waals surface area contributed by atoms with E-state index < -0.39 is 15.5 Å². The molecule has 7 heteroatoms. The maximum absolute atomic E-state index is 11.0. The van der Waals surface area contributed by atoms with Crippen molar-refractivity contribution >= 4 is 27.1 Å². The van der Waals surface area contributed by atoms with Crippen molar-refractivity contribution in [2.75, 3.05) is 0 Å². The van der Waals surface area contributed by atoms with Crippen LogP contribution in [-0.2, 0) is 10.3 Å². The average Bonchev–Trinajstić information content (AvgIpc) is 1.99. The molecule has 1 heterocycles. The minimum absolute atomic E-state index is 0.147. The molecule has 0 saturated carbocycles. The number of rotatable bonds is 2. The van der Waals surface area contributed by atoms with Gasteiger partial charge in [0.2, 0.25) is 0 Å². The number of halogens is 1. The molecule has 0 radical (unpaired) electrons. The molecule has 0 spiro atoms.